The second-order valence-corrected chi connectivity index (χ2v) is 12.3. The maximum atomic E-state index is 12.0. The minimum Gasteiger partial charge on any atom is -0.507 e. The molecule has 0 radical (unpaired) electrons. The molecule has 4 rings (SSSR count). The van der Waals surface area contributed by atoms with Crippen LogP contribution in [0.4, 0.5) is 0 Å². The number of benzene rings is 3. The molecule has 0 aliphatic heterocycles. The smallest absolute Gasteiger partial charge is 0.167 e. The summed E-state index contributed by atoms with van der Waals surface area (Å²) in [5, 5.41) is 12.0. The summed E-state index contributed by atoms with van der Waals surface area (Å²) in [6, 6.07) is 16.3. The van der Waals surface area contributed by atoms with Crippen molar-refractivity contribution in [2.24, 2.45) is 0 Å². The molecule has 0 bridgehead atoms. The Kier molecular flexibility index (Phi) is 12.7. The number of phenols is 1. The summed E-state index contributed by atoms with van der Waals surface area (Å²) in [4.78, 5) is 17.0. The van der Waals surface area contributed by atoms with Gasteiger partial charge in [-0.15, -0.1) is 13.2 Å². The number of rotatable bonds is 17. The Balaban J connectivity index is 1.81. The van der Waals surface area contributed by atoms with Crippen molar-refractivity contribution in [1.82, 2.24) is 19.9 Å². The molecule has 0 unspecified atom stereocenters. The van der Waals surface area contributed by atoms with Gasteiger partial charge in [0.1, 0.15) is 11.5 Å². The van der Waals surface area contributed by atoms with Gasteiger partial charge in [-0.2, -0.15) is 0 Å². The van der Waals surface area contributed by atoms with Gasteiger partial charge in [-0.05, 0) is 57.4 Å². The molecule has 6 heteroatoms. The standard InChI is InChI=1S/C40H50N4O2/c1-8-11-12-13-14-15-24-46-36-21-20-34(37(45)35(36)27-44(22-9-2)23-10-3)40-42-38(32-18-16-28(4)25-30(32)6)41-39(43-40)33-19-17-29(5)26-31(33)7/h9-10,16-21,25-26,45H,2-3,8,11-15,22-24,27H2,1,4-7H3. The minimum absolute atomic E-state index is 0.114. The molecular weight excluding hydrogens is 568 g/mol. The van der Waals surface area contributed by atoms with E-state index in [9.17, 15) is 5.11 Å². The number of aromatic hydroxyl groups is 1. The van der Waals surface area contributed by atoms with Crippen molar-refractivity contribution in [2.75, 3.05) is 19.7 Å². The fourth-order valence-electron chi connectivity index (χ4n) is 5.81. The molecule has 0 atom stereocenters. The van der Waals surface area contributed by atoms with Crippen molar-refractivity contribution in [3.8, 4) is 45.7 Å². The number of nitrogens with zero attached hydrogens (tertiary/aromatic N) is 4. The van der Waals surface area contributed by atoms with E-state index in [1.807, 2.05) is 24.3 Å². The summed E-state index contributed by atoms with van der Waals surface area (Å²) in [6.07, 6.45) is 10.8. The van der Waals surface area contributed by atoms with E-state index in [2.05, 4.69) is 89.1 Å². The van der Waals surface area contributed by atoms with Crippen molar-refractivity contribution in [3.63, 3.8) is 0 Å². The van der Waals surface area contributed by atoms with Gasteiger partial charge in [-0.3, -0.25) is 4.90 Å². The summed E-state index contributed by atoms with van der Waals surface area (Å²) in [7, 11) is 0. The number of unbranched alkanes of at least 4 members (excludes halogenated alkanes) is 5. The van der Waals surface area contributed by atoms with Crippen LogP contribution in [0.2, 0.25) is 0 Å². The van der Waals surface area contributed by atoms with Gasteiger partial charge >= 0.3 is 0 Å². The van der Waals surface area contributed by atoms with Gasteiger partial charge in [-0.1, -0.05) is 98.7 Å². The molecule has 6 nitrogen and oxygen atoms in total. The Bertz CT molecular complexity index is 1570. The van der Waals surface area contributed by atoms with Crippen LogP contribution in [0.3, 0.4) is 0 Å². The lowest BCUT2D eigenvalue weighted by atomic mass is 10.0. The fourth-order valence-corrected chi connectivity index (χ4v) is 5.81. The molecule has 0 aliphatic rings. The third-order valence-corrected chi connectivity index (χ3v) is 8.27. The summed E-state index contributed by atoms with van der Waals surface area (Å²) in [6.45, 7) is 20.7. The molecule has 4 aromatic rings. The molecule has 1 heterocycles. The first-order valence-electron chi connectivity index (χ1n) is 16.6. The van der Waals surface area contributed by atoms with Crippen LogP contribution in [-0.2, 0) is 6.54 Å². The Morgan fingerprint density at radius 3 is 1.72 bits per heavy atom. The average molecular weight is 619 g/mol. The molecular formula is C40H50N4O2. The molecule has 46 heavy (non-hydrogen) atoms. The van der Waals surface area contributed by atoms with E-state index in [-0.39, 0.29) is 5.75 Å². The second kappa shape index (κ2) is 16.9. The predicted molar refractivity (Wildman–Crippen MR) is 191 cm³/mol. The highest BCUT2D eigenvalue weighted by atomic mass is 16.5. The molecule has 3 aromatic carbocycles. The molecule has 1 aromatic heterocycles. The van der Waals surface area contributed by atoms with E-state index in [4.69, 9.17) is 19.7 Å². The summed E-state index contributed by atoms with van der Waals surface area (Å²) in [5.41, 5.74) is 7.62. The minimum atomic E-state index is 0.114. The summed E-state index contributed by atoms with van der Waals surface area (Å²) >= 11 is 0. The molecule has 0 saturated carbocycles. The largest absolute Gasteiger partial charge is 0.507 e. The van der Waals surface area contributed by atoms with Crippen LogP contribution in [0.1, 0.15) is 73.3 Å². The first kappa shape index (κ1) is 34.6. The Morgan fingerprint density at radius 1 is 0.696 bits per heavy atom. The third-order valence-electron chi connectivity index (χ3n) is 8.27. The molecule has 0 amide bonds. The van der Waals surface area contributed by atoms with Gasteiger partial charge in [0.05, 0.1) is 17.7 Å². The van der Waals surface area contributed by atoms with Crippen LogP contribution in [0, 0.1) is 27.7 Å². The highest BCUT2D eigenvalue weighted by Gasteiger charge is 2.22. The number of aromatic nitrogens is 3. The van der Waals surface area contributed by atoms with Crippen molar-refractivity contribution in [2.45, 2.75) is 79.7 Å². The Hall–Kier alpha value is -4.29. The number of hydrogen-bond acceptors (Lipinski definition) is 6. The van der Waals surface area contributed by atoms with Crippen LogP contribution in [0.25, 0.3) is 34.2 Å². The zero-order chi connectivity index (χ0) is 33.1. The monoisotopic (exact) mass is 618 g/mol. The Morgan fingerprint density at radius 2 is 1.20 bits per heavy atom. The van der Waals surface area contributed by atoms with Gasteiger partial charge in [-0.25, -0.2) is 15.0 Å². The number of hydrogen-bond donors (Lipinski definition) is 1. The van der Waals surface area contributed by atoms with Crippen molar-refractivity contribution >= 4 is 0 Å². The lowest BCUT2D eigenvalue weighted by Gasteiger charge is -2.22. The van der Waals surface area contributed by atoms with Gasteiger partial charge in [0, 0.05) is 30.8 Å². The number of aryl methyl sites for hydroxylation is 4. The topological polar surface area (TPSA) is 71.4 Å². The maximum Gasteiger partial charge on any atom is 0.167 e. The highest BCUT2D eigenvalue weighted by molar-refractivity contribution is 5.74. The summed E-state index contributed by atoms with van der Waals surface area (Å²) < 4.78 is 6.32. The van der Waals surface area contributed by atoms with Gasteiger partial charge < -0.3 is 9.84 Å². The van der Waals surface area contributed by atoms with Crippen molar-refractivity contribution < 1.29 is 9.84 Å². The average Bonchev–Trinajstić information content (AvgIpc) is 3.02. The normalized spacial score (nSPS) is 11.2. The van der Waals surface area contributed by atoms with E-state index in [1.54, 1.807) is 0 Å². The zero-order valence-electron chi connectivity index (χ0n) is 28.4. The van der Waals surface area contributed by atoms with Gasteiger partial charge in [0.2, 0.25) is 0 Å². The zero-order valence-corrected chi connectivity index (χ0v) is 28.4. The highest BCUT2D eigenvalue weighted by Crippen LogP contribution is 2.39. The summed E-state index contributed by atoms with van der Waals surface area (Å²) in [5.74, 6) is 2.35. The van der Waals surface area contributed by atoms with Gasteiger partial charge in [0.25, 0.3) is 0 Å². The second-order valence-electron chi connectivity index (χ2n) is 12.3. The molecule has 0 spiro atoms. The predicted octanol–water partition coefficient (Wildman–Crippen LogP) is 9.73. The lowest BCUT2D eigenvalue weighted by Crippen LogP contribution is -2.24. The van der Waals surface area contributed by atoms with Crippen LogP contribution < -0.4 is 4.74 Å². The fraction of sp³-hybridized carbons (Fsp3) is 0.375. The van der Waals surface area contributed by atoms with Crippen LogP contribution in [0.15, 0.2) is 73.8 Å². The molecule has 1 N–H and O–H groups in total. The number of ether oxygens (including phenoxy) is 1. The van der Waals surface area contributed by atoms with Crippen LogP contribution >= 0.6 is 0 Å². The lowest BCUT2D eigenvalue weighted by molar-refractivity contribution is 0.280. The molecule has 0 fully saturated rings. The van der Waals surface area contributed by atoms with E-state index in [1.165, 1.54) is 36.8 Å². The first-order valence-corrected chi connectivity index (χ1v) is 16.6. The van der Waals surface area contributed by atoms with Crippen molar-refractivity contribution in [1.29, 1.82) is 0 Å². The van der Waals surface area contributed by atoms with Crippen LogP contribution in [-0.4, -0.2) is 44.7 Å². The Labute approximate surface area is 275 Å². The third kappa shape index (κ3) is 8.91. The molecule has 242 valence electrons. The van der Waals surface area contributed by atoms with E-state index in [0.717, 1.165) is 35.1 Å². The van der Waals surface area contributed by atoms with E-state index >= 15 is 0 Å². The molecule has 0 saturated heterocycles. The number of phenolic OH excluding ortho intramolecular Hbond substituents is 1. The van der Waals surface area contributed by atoms with Crippen molar-refractivity contribution in [3.05, 3.63) is 102 Å². The van der Waals surface area contributed by atoms with E-state index < -0.39 is 0 Å². The molecule has 0 aliphatic carbocycles. The maximum absolute atomic E-state index is 12.0. The first-order chi connectivity index (χ1) is 22.2. The van der Waals surface area contributed by atoms with E-state index in [0.29, 0.717) is 60.6 Å². The van der Waals surface area contributed by atoms with Crippen LogP contribution in [0.5, 0.6) is 11.5 Å². The SMILES string of the molecule is C=CCN(CC=C)Cc1c(OCCCCCCCC)ccc(-c2nc(-c3ccc(C)cc3C)nc(-c3ccc(C)cc3C)n2)c1O. The quantitative estimate of drug-likeness (QED) is 0.0938. The van der Waals surface area contributed by atoms with Gasteiger partial charge in [0.15, 0.2) is 17.5 Å².